The largest absolute Gasteiger partial charge is 0.393 e. The summed E-state index contributed by atoms with van der Waals surface area (Å²) in [6.45, 7) is 4.85. The standard InChI is InChI=1S/C19H29NO/c1-18-9-7-13(21)11-12(18)3-4-14-15-5-6-17(20)19(15,2)10-8-16(14)18/h3,13-16,20-21H,4-11H2,1-2H3/t13-,14-,15-,16-,18-,19-/m0/s1. The van der Waals surface area contributed by atoms with Gasteiger partial charge >= 0.3 is 0 Å². The number of rotatable bonds is 0. The number of allylic oxidation sites excluding steroid dienone is 1. The Morgan fingerprint density at radius 1 is 1.10 bits per heavy atom. The minimum absolute atomic E-state index is 0.102. The highest BCUT2D eigenvalue weighted by Crippen LogP contribution is 2.63. The van der Waals surface area contributed by atoms with Gasteiger partial charge in [0.1, 0.15) is 0 Å². The quantitative estimate of drug-likeness (QED) is 0.640. The molecule has 4 rings (SSSR count). The van der Waals surface area contributed by atoms with Crippen LogP contribution >= 0.6 is 0 Å². The molecule has 0 unspecified atom stereocenters. The molecule has 4 aliphatic carbocycles. The van der Waals surface area contributed by atoms with Crippen molar-refractivity contribution in [1.29, 1.82) is 5.41 Å². The number of nitrogens with one attached hydrogen (secondary N) is 1. The van der Waals surface area contributed by atoms with E-state index in [1.165, 1.54) is 32.1 Å². The molecular weight excluding hydrogens is 258 g/mol. The molecule has 0 aromatic heterocycles. The van der Waals surface area contributed by atoms with Crippen LogP contribution < -0.4 is 0 Å². The molecule has 0 aromatic carbocycles. The van der Waals surface area contributed by atoms with Crippen molar-refractivity contribution in [2.75, 3.05) is 0 Å². The van der Waals surface area contributed by atoms with Crippen LogP contribution in [-0.2, 0) is 0 Å². The molecule has 2 nitrogen and oxygen atoms in total. The van der Waals surface area contributed by atoms with Gasteiger partial charge in [-0.05, 0) is 74.5 Å². The van der Waals surface area contributed by atoms with Gasteiger partial charge in [-0.1, -0.05) is 25.5 Å². The molecule has 0 saturated heterocycles. The Morgan fingerprint density at radius 2 is 1.81 bits per heavy atom. The Labute approximate surface area is 128 Å². The molecule has 2 N–H and O–H groups in total. The fraction of sp³-hybridized carbons (Fsp3) is 0.842. The van der Waals surface area contributed by atoms with E-state index in [4.69, 9.17) is 5.41 Å². The Bertz CT molecular complexity index is 510. The molecule has 2 heteroatoms. The Kier molecular flexibility index (Phi) is 2.96. The molecule has 0 spiro atoms. The summed E-state index contributed by atoms with van der Waals surface area (Å²) in [5.41, 5.74) is 3.13. The first-order chi connectivity index (χ1) is 9.95. The number of aliphatic hydroxyl groups excluding tert-OH is 1. The minimum atomic E-state index is -0.102. The molecule has 3 fully saturated rings. The number of fused-ring (bicyclic) bond motifs is 5. The van der Waals surface area contributed by atoms with E-state index in [1.54, 1.807) is 5.57 Å². The molecule has 0 radical (unpaired) electrons. The molecule has 21 heavy (non-hydrogen) atoms. The van der Waals surface area contributed by atoms with Crippen LogP contribution in [0.25, 0.3) is 0 Å². The van der Waals surface area contributed by atoms with Crippen LogP contribution in [0.15, 0.2) is 11.6 Å². The Balaban J connectivity index is 1.69. The lowest BCUT2D eigenvalue weighted by atomic mass is 9.48. The summed E-state index contributed by atoms with van der Waals surface area (Å²) < 4.78 is 0. The number of hydrogen-bond acceptors (Lipinski definition) is 2. The first kappa shape index (κ1) is 14.0. The zero-order chi connectivity index (χ0) is 14.8. The van der Waals surface area contributed by atoms with Crippen LogP contribution in [0.3, 0.4) is 0 Å². The predicted molar refractivity (Wildman–Crippen MR) is 85.4 cm³/mol. The van der Waals surface area contributed by atoms with E-state index in [0.29, 0.717) is 5.41 Å². The molecule has 0 bridgehead atoms. The summed E-state index contributed by atoms with van der Waals surface area (Å²) in [6.07, 6.45) is 11.5. The highest BCUT2D eigenvalue weighted by atomic mass is 16.3. The molecule has 0 heterocycles. The average Bonchev–Trinajstić information content (AvgIpc) is 2.76. The third-order valence-electron chi connectivity index (χ3n) is 7.86. The van der Waals surface area contributed by atoms with E-state index < -0.39 is 0 Å². The second-order valence-corrected chi connectivity index (χ2v) is 8.63. The van der Waals surface area contributed by atoms with Crippen LogP contribution in [0.2, 0.25) is 0 Å². The lowest BCUT2D eigenvalue weighted by molar-refractivity contribution is -0.0210. The molecule has 0 aromatic rings. The molecule has 116 valence electrons. The van der Waals surface area contributed by atoms with E-state index >= 15 is 0 Å². The van der Waals surface area contributed by atoms with Crippen LogP contribution in [0.5, 0.6) is 0 Å². The average molecular weight is 287 g/mol. The summed E-state index contributed by atoms with van der Waals surface area (Å²) in [5, 5.41) is 18.4. The Morgan fingerprint density at radius 3 is 2.62 bits per heavy atom. The monoisotopic (exact) mass is 287 g/mol. The first-order valence-corrected chi connectivity index (χ1v) is 8.90. The number of hydrogen-bond donors (Lipinski definition) is 2. The summed E-state index contributed by atoms with van der Waals surface area (Å²) >= 11 is 0. The molecule has 4 aliphatic rings. The maximum absolute atomic E-state index is 10.0. The van der Waals surface area contributed by atoms with Gasteiger partial charge in [0.2, 0.25) is 0 Å². The van der Waals surface area contributed by atoms with Crippen LogP contribution in [-0.4, -0.2) is 16.9 Å². The molecule has 6 atom stereocenters. The second kappa shape index (κ2) is 4.44. The summed E-state index contributed by atoms with van der Waals surface area (Å²) in [4.78, 5) is 0. The smallest absolute Gasteiger partial charge is 0.0577 e. The molecule has 3 saturated carbocycles. The van der Waals surface area contributed by atoms with Crippen molar-refractivity contribution in [2.45, 2.75) is 71.3 Å². The third kappa shape index (κ3) is 1.78. The molecular formula is C19H29NO. The highest BCUT2D eigenvalue weighted by molar-refractivity contribution is 5.89. The van der Waals surface area contributed by atoms with Crippen molar-refractivity contribution in [1.82, 2.24) is 0 Å². The van der Waals surface area contributed by atoms with Gasteiger partial charge in [-0.3, -0.25) is 0 Å². The van der Waals surface area contributed by atoms with E-state index in [2.05, 4.69) is 19.9 Å². The van der Waals surface area contributed by atoms with Gasteiger partial charge < -0.3 is 10.5 Å². The van der Waals surface area contributed by atoms with Crippen LogP contribution in [0.1, 0.15) is 65.2 Å². The van der Waals surface area contributed by atoms with Crippen LogP contribution in [0.4, 0.5) is 0 Å². The van der Waals surface area contributed by atoms with Crippen molar-refractivity contribution in [3.63, 3.8) is 0 Å². The predicted octanol–water partition coefficient (Wildman–Crippen LogP) is 4.33. The first-order valence-electron chi connectivity index (χ1n) is 8.90. The zero-order valence-corrected chi connectivity index (χ0v) is 13.5. The molecule has 0 aliphatic heterocycles. The summed E-state index contributed by atoms with van der Waals surface area (Å²) in [5.74, 6) is 2.33. The second-order valence-electron chi connectivity index (χ2n) is 8.63. The van der Waals surface area contributed by atoms with Gasteiger partial charge in [0.05, 0.1) is 6.10 Å². The maximum Gasteiger partial charge on any atom is 0.0577 e. The summed E-state index contributed by atoms with van der Waals surface area (Å²) in [6, 6.07) is 0. The van der Waals surface area contributed by atoms with E-state index in [9.17, 15) is 5.11 Å². The van der Waals surface area contributed by atoms with Crippen molar-refractivity contribution < 1.29 is 5.11 Å². The van der Waals surface area contributed by atoms with Crippen molar-refractivity contribution in [2.24, 2.45) is 28.6 Å². The SMILES string of the molecule is C[C@]12CC[C@H](O)CC1=CC[C@@H]1[C@@H]2CC[C@]2(C)C(=N)CC[C@@H]12. The van der Waals surface area contributed by atoms with Gasteiger partial charge in [-0.2, -0.15) is 0 Å². The topological polar surface area (TPSA) is 44.1 Å². The van der Waals surface area contributed by atoms with Gasteiger partial charge in [0.25, 0.3) is 0 Å². The van der Waals surface area contributed by atoms with Gasteiger partial charge in [-0.15, -0.1) is 0 Å². The Hall–Kier alpha value is -0.630. The van der Waals surface area contributed by atoms with Crippen molar-refractivity contribution >= 4 is 5.71 Å². The summed E-state index contributed by atoms with van der Waals surface area (Å²) in [7, 11) is 0. The van der Waals surface area contributed by atoms with Gasteiger partial charge in [0, 0.05) is 11.1 Å². The normalized spacial score (nSPS) is 52.7. The lowest BCUT2D eigenvalue weighted by Gasteiger charge is -2.57. The minimum Gasteiger partial charge on any atom is -0.393 e. The van der Waals surface area contributed by atoms with E-state index in [1.807, 2.05) is 0 Å². The zero-order valence-electron chi connectivity index (χ0n) is 13.5. The molecule has 0 amide bonds. The maximum atomic E-state index is 10.0. The highest BCUT2D eigenvalue weighted by Gasteiger charge is 2.57. The van der Waals surface area contributed by atoms with E-state index in [0.717, 1.165) is 42.7 Å². The van der Waals surface area contributed by atoms with Crippen molar-refractivity contribution in [3.8, 4) is 0 Å². The van der Waals surface area contributed by atoms with Gasteiger partial charge in [-0.25, -0.2) is 0 Å². The van der Waals surface area contributed by atoms with Crippen molar-refractivity contribution in [3.05, 3.63) is 11.6 Å². The fourth-order valence-corrected chi connectivity index (χ4v) is 6.45. The van der Waals surface area contributed by atoms with Gasteiger partial charge in [0.15, 0.2) is 0 Å². The third-order valence-corrected chi connectivity index (χ3v) is 7.86. The fourth-order valence-electron chi connectivity index (χ4n) is 6.45. The van der Waals surface area contributed by atoms with E-state index in [-0.39, 0.29) is 11.5 Å². The number of aliphatic hydroxyl groups is 1. The van der Waals surface area contributed by atoms with Crippen LogP contribution in [0, 0.1) is 34.0 Å². The lowest BCUT2D eigenvalue weighted by Crippen LogP contribution is -2.50.